The van der Waals surface area contributed by atoms with E-state index >= 15 is 0 Å². The third kappa shape index (κ3) is 3.53. The monoisotopic (exact) mass is 376 g/mol. The number of nitrogens with zero attached hydrogens (tertiary/aromatic N) is 2. The number of likely N-dealkylation sites (tertiary alicyclic amines) is 2. The van der Waals surface area contributed by atoms with Gasteiger partial charge in [-0.25, -0.2) is 0 Å². The van der Waals surface area contributed by atoms with E-state index in [1.807, 2.05) is 6.08 Å². The standard InChI is InChI=1S/C19H25BrN2O/c1-3-4-5-19(23)22-13-15-10-11-21(2)17(15)12-18(22)14-6-8-16(20)9-7-14/h3,6-9,15,17-18H,1,4-5,10-13H2,2H3/t15-,17+,18+/m1/s1. The van der Waals surface area contributed by atoms with Crippen LogP contribution in [0.5, 0.6) is 0 Å². The summed E-state index contributed by atoms with van der Waals surface area (Å²) < 4.78 is 1.08. The highest BCUT2D eigenvalue weighted by Crippen LogP contribution is 2.40. The van der Waals surface area contributed by atoms with Crippen molar-refractivity contribution in [3.05, 3.63) is 47.0 Å². The van der Waals surface area contributed by atoms with E-state index in [0.29, 0.717) is 18.4 Å². The number of hydrogen-bond acceptors (Lipinski definition) is 2. The number of amides is 1. The predicted molar refractivity (Wildman–Crippen MR) is 97.2 cm³/mol. The quantitative estimate of drug-likeness (QED) is 0.741. The van der Waals surface area contributed by atoms with Crippen LogP contribution in [0.1, 0.15) is 37.3 Å². The van der Waals surface area contributed by atoms with Gasteiger partial charge in [0.05, 0.1) is 6.04 Å². The van der Waals surface area contributed by atoms with Crippen molar-refractivity contribution in [2.75, 3.05) is 20.1 Å². The van der Waals surface area contributed by atoms with Crippen LogP contribution in [-0.4, -0.2) is 41.9 Å². The molecule has 0 unspecified atom stereocenters. The second-order valence-corrected chi connectivity index (χ2v) is 7.69. The highest BCUT2D eigenvalue weighted by molar-refractivity contribution is 9.10. The number of carbonyl (C=O) groups is 1. The van der Waals surface area contributed by atoms with Gasteiger partial charge in [-0.15, -0.1) is 6.58 Å². The molecule has 2 aliphatic rings. The Balaban J connectivity index is 1.85. The summed E-state index contributed by atoms with van der Waals surface area (Å²) in [6.45, 7) is 5.79. The molecule has 1 aromatic carbocycles. The lowest BCUT2D eigenvalue weighted by Gasteiger charge is -2.43. The van der Waals surface area contributed by atoms with Crippen molar-refractivity contribution in [1.82, 2.24) is 9.80 Å². The summed E-state index contributed by atoms with van der Waals surface area (Å²) in [7, 11) is 2.22. The highest BCUT2D eigenvalue weighted by Gasteiger charge is 2.42. The van der Waals surface area contributed by atoms with Crippen LogP contribution < -0.4 is 0 Å². The van der Waals surface area contributed by atoms with E-state index in [4.69, 9.17) is 0 Å². The summed E-state index contributed by atoms with van der Waals surface area (Å²) >= 11 is 3.50. The molecule has 0 aromatic heterocycles. The number of halogens is 1. The van der Waals surface area contributed by atoms with Crippen molar-refractivity contribution < 1.29 is 4.79 Å². The van der Waals surface area contributed by atoms with Gasteiger partial charge >= 0.3 is 0 Å². The van der Waals surface area contributed by atoms with Gasteiger partial charge in [0.25, 0.3) is 0 Å². The van der Waals surface area contributed by atoms with Crippen molar-refractivity contribution in [1.29, 1.82) is 0 Å². The SMILES string of the molecule is C=CCCC(=O)N1C[C@H]2CCN(C)[C@H]2C[C@H]1c1ccc(Br)cc1. The molecule has 3 rings (SSSR count). The second kappa shape index (κ2) is 7.18. The minimum Gasteiger partial charge on any atom is -0.335 e. The first kappa shape index (κ1) is 16.7. The largest absolute Gasteiger partial charge is 0.335 e. The number of allylic oxidation sites excluding steroid dienone is 1. The molecular formula is C19H25BrN2O. The molecule has 0 aliphatic carbocycles. The summed E-state index contributed by atoms with van der Waals surface area (Å²) in [5, 5.41) is 0. The van der Waals surface area contributed by atoms with E-state index in [-0.39, 0.29) is 11.9 Å². The number of carbonyl (C=O) groups excluding carboxylic acids is 1. The molecule has 0 bridgehead atoms. The summed E-state index contributed by atoms with van der Waals surface area (Å²) in [5.41, 5.74) is 1.25. The zero-order valence-corrected chi connectivity index (χ0v) is 15.3. The fraction of sp³-hybridized carbons (Fsp3) is 0.526. The van der Waals surface area contributed by atoms with Gasteiger partial charge in [0.2, 0.25) is 5.91 Å². The molecule has 23 heavy (non-hydrogen) atoms. The van der Waals surface area contributed by atoms with Crippen molar-refractivity contribution in [2.24, 2.45) is 5.92 Å². The Morgan fingerprint density at radius 2 is 2.13 bits per heavy atom. The maximum atomic E-state index is 12.7. The topological polar surface area (TPSA) is 23.6 Å². The first-order valence-electron chi connectivity index (χ1n) is 8.46. The Labute approximate surface area is 147 Å². The third-order valence-electron chi connectivity index (χ3n) is 5.37. The molecule has 1 aromatic rings. The molecule has 3 nitrogen and oxygen atoms in total. The third-order valence-corrected chi connectivity index (χ3v) is 5.90. The molecule has 4 heteroatoms. The van der Waals surface area contributed by atoms with Crippen LogP contribution in [-0.2, 0) is 4.79 Å². The van der Waals surface area contributed by atoms with Gasteiger partial charge in [-0.05, 0) is 56.5 Å². The lowest BCUT2D eigenvalue weighted by molar-refractivity contribution is -0.137. The van der Waals surface area contributed by atoms with Crippen LogP contribution in [0, 0.1) is 5.92 Å². The average molecular weight is 377 g/mol. The molecule has 0 N–H and O–H groups in total. The molecule has 2 saturated heterocycles. The van der Waals surface area contributed by atoms with Gasteiger partial charge in [0, 0.05) is 23.5 Å². The van der Waals surface area contributed by atoms with Crippen molar-refractivity contribution in [2.45, 2.75) is 37.8 Å². The van der Waals surface area contributed by atoms with Crippen molar-refractivity contribution in [3.63, 3.8) is 0 Å². The van der Waals surface area contributed by atoms with Gasteiger partial charge in [0.15, 0.2) is 0 Å². The Kier molecular flexibility index (Phi) is 5.22. The van der Waals surface area contributed by atoms with Crippen molar-refractivity contribution >= 4 is 21.8 Å². The fourth-order valence-electron chi connectivity index (χ4n) is 4.05. The summed E-state index contributed by atoms with van der Waals surface area (Å²) in [4.78, 5) is 17.3. The molecule has 2 heterocycles. The number of fused-ring (bicyclic) bond motifs is 1. The lowest BCUT2D eigenvalue weighted by Crippen LogP contribution is -2.48. The van der Waals surface area contributed by atoms with Gasteiger partial charge in [0.1, 0.15) is 0 Å². The van der Waals surface area contributed by atoms with Gasteiger partial charge in [-0.3, -0.25) is 4.79 Å². The minimum absolute atomic E-state index is 0.196. The number of hydrogen-bond donors (Lipinski definition) is 0. The van der Waals surface area contributed by atoms with E-state index in [9.17, 15) is 4.79 Å². The van der Waals surface area contributed by atoms with E-state index in [1.54, 1.807) is 0 Å². The molecule has 2 aliphatic heterocycles. The number of rotatable bonds is 4. The molecule has 1 amide bonds. The minimum atomic E-state index is 0.196. The maximum absolute atomic E-state index is 12.7. The van der Waals surface area contributed by atoms with Crippen LogP contribution in [0.15, 0.2) is 41.4 Å². The molecule has 0 radical (unpaired) electrons. The molecule has 3 atom stereocenters. The zero-order valence-electron chi connectivity index (χ0n) is 13.7. The van der Waals surface area contributed by atoms with Crippen LogP contribution in [0.3, 0.4) is 0 Å². The maximum Gasteiger partial charge on any atom is 0.223 e. The van der Waals surface area contributed by atoms with E-state index in [0.717, 1.165) is 30.4 Å². The smallest absolute Gasteiger partial charge is 0.223 e. The van der Waals surface area contributed by atoms with Gasteiger partial charge in [-0.2, -0.15) is 0 Å². The van der Waals surface area contributed by atoms with Gasteiger partial charge < -0.3 is 9.80 Å². The number of benzene rings is 1. The Morgan fingerprint density at radius 1 is 1.39 bits per heavy atom. The normalized spacial score (nSPS) is 27.7. The average Bonchev–Trinajstić information content (AvgIpc) is 2.93. The Morgan fingerprint density at radius 3 is 2.83 bits per heavy atom. The van der Waals surface area contributed by atoms with E-state index < -0.39 is 0 Å². The zero-order chi connectivity index (χ0) is 16.4. The summed E-state index contributed by atoms with van der Waals surface area (Å²) in [6.07, 6.45) is 5.42. The predicted octanol–water partition coefficient (Wildman–Crippen LogP) is 4.01. The van der Waals surface area contributed by atoms with E-state index in [2.05, 4.69) is 63.6 Å². The number of piperidine rings is 1. The van der Waals surface area contributed by atoms with E-state index in [1.165, 1.54) is 12.0 Å². The molecule has 2 fully saturated rings. The van der Waals surface area contributed by atoms with Crippen LogP contribution in [0.4, 0.5) is 0 Å². The van der Waals surface area contributed by atoms with Crippen LogP contribution in [0.2, 0.25) is 0 Å². The fourth-order valence-corrected chi connectivity index (χ4v) is 4.32. The van der Waals surface area contributed by atoms with Gasteiger partial charge in [-0.1, -0.05) is 34.1 Å². The summed E-state index contributed by atoms with van der Waals surface area (Å²) in [6, 6.07) is 9.25. The molecule has 0 saturated carbocycles. The van der Waals surface area contributed by atoms with Crippen LogP contribution in [0.25, 0.3) is 0 Å². The summed E-state index contributed by atoms with van der Waals surface area (Å²) in [5.74, 6) is 0.894. The van der Waals surface area contributed by atoms with Crippen molar-refractivity contribution in [3.8, 4) is 0 Å². The second-order valence-electron chi connectivity index (χ2n) is 6.77. The highest BCUT2D eigenvalue weighted by atomic mass is 79.9. The van der Waals surface area contributed by atoms with Crippen LogP contribution >= 0.6 is 15.9 Å². The lowest BCUT2D eigenvalue weighted by atomic mass is 9.85. The Bertz CT molecular complexity index is 571. The molecular weight excluding hydrogens is 352 g/mol. The molecule has 124 valence electrons. The first-order valence-corrected chi connectivity index (χ1v) is 9.25. The first-order chi connectivity index (χ1) is 11.1. The molecule has 0 spiro atoms. The Hall–Kier alpha value is -1.13.